The van der Waals surface area contributed by atoms with Crippen molar-refractivity contribution in [3.63, 3.8) is 0 Å². The lowest BCUT2D eigenvalue weighted by molar-refractivity contribution is -0.131. The molecule has 0 unspecified atom stereocenters. The maximum atomic E-state index is 12.0. The van der Waals surface area contributed by atoms with E-state index in [1.54, 1.807) is 0 Å². The Balaban J connectivity index is 2.20. The molecule has 1 N–H and O–H groups in total. The van der Waals surface area contributed by atoms with Gasteiger partial charge in [0.1, 0.15) is 0 Å². The summed E-state index contributed by atoms with van der Waals surface area (Å²) in [5, 5.41) is 2.94. The molecule has 1 aliphatic rings. The van der Waals surface area contributed by atoms with Gasteiger partial charge in [-0.1, -0.05) is 24.3 Å². The van der Waals surface area contributed by atoms with Gasteiger partial charge in [-0.3, -0.25) is 4.79 Å². The number of nitrogens with zero attached hydrogens (tertiary/aromatic N) is 1. The molecule has 17 heavy (non-hydrogen) atoms. The van der Waals surface area contributed by atoms with E-state index >= 15 is 0 Å². The van der Waals surface area contributed by atoms with Crippen molar-refractivity contribution in [3.8, 4) is 0 Å². The van der Waals surface area contributed by atoms with Crippen LogP contribution in [0.3, 0.4) is 0 Å². The van der Waals surface area contributed by atoms with Crippen LogP contribution in [-0.2, 0) is 4.79 Å². The van der Waals surface area contributed by atoms with E-state index in [0.717, 1.165) is 19.4 Å². The van der Waals surface area contributed by atoms with Gasteiger partial charge in [0.25, 0.3) is 0 Å². The molecule has 0 spiro atoms. The SMILES string of the molecule is CNCC(=O)N1CCC[C@@H]1c1ccccc1C. The van der Waals surface area contributed by atoms with Crippen molar-refractivity contribution in [1.82, 2.24) is 10.2 Å². The molecule has 2 rings (SSSR count). The fraction of sp³-hybridized carbons (Fsp3) is 0.500. The number of nitrogens with one attached hydrogen (secondary N) is 1. The summed E-state index contributed by atoms with van der Waals surface area (Å²) in [6.07, 6.45) is 2.19. The first-order valence-corrected chi connectivity index (χ1v) is 6.23. The fourth-order valence-electron chi connectivity index (χ4n) is 2.60. The molecule has 1 amide bonds. The van der Waals surface area contributed by atoms with Gasteiger partial charge in [0.05, 0.1) is 12.6 Å². The van der Waals surface area contributed by atoms with Crippen LogP contribution in [0.4, 0.5) is 0 Å². The monoisotopic (exact) mass is 232 g/mol. The van der Waals surface area contributed by atoms with Crippen molar-refractivity contribution in [1.29, 1.82) is 0 Å². The third-order valence-corrected chi connectivity index (χ3v) is 3.45. The number of carbonyl (C=O) groups excluding carboxylic acids is 1. The average Bonchev–Trinajstić information content (AvgIpc) is 2.79. The molecule has 0 bridgehead atoms. The molecule has 1 aromatic rings. The highest BCUT2D eigenvalue weighted by molar-refractivity contribution is 5.79. The Kier molecular flexibility index (Phi) is 3.79. The highest BCUT2D eigenvalue weighted by Crippen LogP contribution is 2.33. The van der Waals surface area contributed by atoms with Crippen LogP contribution >= 0.6 is 0 Å². The summed E-state index contributed by atoms with van der Waals surface area (Å²) in [4.78, 5) is 14.0. The Morgan fingerprint density at radius 3 is 2.94 bits per heavy atom. The predicted octanol–water partition coefficient (Wildman–Crippen LogP) is 1.88. The summed E-state index contributed by atoms with van der Waals surface area (Å²) in [6, 6.07) is 8.64. The molecule has 92 valence electrons. The van der Waals surface area contributed by atoms with E-state index in [4.69, 9.17) is 0 Å². The van der Waals surface area contributed by atoms with Crippen LogP contribution in [0.5, 0.6) is 0 Å². The van der Waals surface area contributed by atoms with E-state index in [1.807, 2.05) is 18.0 Å². The Morgan fingerprint density at radius 2 is 2.24 bits per heavy atom. The third-order valence-electron chi connectivity index (χ3n) is 3.45. The van der Waals surface area contributed by atoms with E-state index in [2.05, 4.69) is 30.4 Å². The van der Waals surface area contributed by atoms with Gasteiger partial charge in [-0.2, -0.15) is 0 Å². The summed E-state index contributed by atoms with van der Waals surface area (Å²) < 4.78 is 0. The van der Waals surface area contributed by atoms with Crippen LogP contribution in [0, 0.1) is 6.92 Å². The first kappa shape index (κ1) is 12.1. The first-order valence-electron chi connectivity index (χ1n) is 6.23. The molecule has 1 aliphatic heterocycles. The van der Waals surface area contributed by atoms with Gasteiger partial charge in [-0.25, -0.2) is 0 Å². The number of aryl methyl sites for hydroxylation is 1. The minimum atomic E-state index is 0.207. The Morgan fingerprint density at radius 1 is 1.47 bits per heavy atom. The maximum absolute atomic E-state index is 12.0. The maximum Gasteiger partial charge on any atom is 0.237 e. The molecule has 0 aliphatic carbocycles. The van der Waals surface area contributed by atoms with Crippen LogP contribution in [0.15, 0.2) is 24.3 Å². The van der Waals surface area contributed by atoms with Gasteiger partial charge in [-0.15, -0.1) is 0 Å². The summed E-state index contributed by atoms with van der Waals surface area (Å²) >= 11 is 0. The Bertz CT molecular complexity index is 403. The summed E-state index contributed by atoms with van der Waals surface area (Å²) in [6.45, 7) is 3.44. The number of carbonyl (C=O) groups is 1. The van der Waals surface area contributed by atoms with Crippen LogP contribution < -0.4 is 5.32 Å². The molecule has 3 heteroatoms. The van der Waals surface area contributed by atoms with Gasteiger partial charge < -0.3 is 10.2 Å². The van der Waals surface area contributed by atoms with Gasteiger partial charge in [0.2, 0.25) is 5.91 Å². The average molecular weight is 232 g/mol. The molecule has 1 atom stereocenters. The molecule has 0 aromatic heterocycles. The van der Waals surface area contributed by atoms with E-state index in [0.29, 0.717) is 6.54 Å². The highest BCUT2D eigenvalue weighted by atomic mass is 16.2. The standard InChI is InChI=1S/C14H20N2O/c1-11-6-3-4-7-12(11)13-8-5-9-16(13)14(17)10-15-2/h3-4,6-7,13,15H,5,8-10H2,1-2H3/t13-/m1/s1. The lowest BCUT2D eigenvalue weighted by Crippen LogP contribution is -2.36. The van der Waals surface area contributed by atoms with Gasteiger partial charge in [0, 0.05) is 6.54 Å². The molecule has 1 aromatic carbocycles. The summed E-state index contributed by atoms with van der Waals surface area (Å²) in [5.41, 5.74) is 2.58. The number of hydrogen-bond donors (Lipinski definition) is 1. The van der Waals surface area contributed by atoms with E-state index in [-0.39, 0.29) is 11.9 Å². The molecule has 0 saturated carbocycles. The van der Waals surface area contributed by atoms with Crippen LogP contribution in [0.1, 0.15) is 30.0 Å². The molecule has 1 heterocycles. The van der Waals surface area contributed by atoms with Crippen molar-refractivity contribution < 1.29 is 4.79 Å². The number of benzene rings is 1. The van der Waals surface area contributed by atoms with E-state index in [1.165, 1.54) is 11.1 Å². The van der Waals surface area contributed by atoms with Crippen LogP contribution in [0.25, 0.3) is 0 Å². The normalized spacial score (nSPS) is 19.6. The van der Waals surface area contributed by atoms with Crippen molar-refractivity contribution in [2.24, 2.45) is 0 Å². The summed E-state index contributed by atoms with van der Waals surface area (Å²) in [7, 11) is 1.82. The molecule has 1 fully saturated rings. The zero-order valence-electron chi connectivity index (χ0n) is 10.6. The molecule has 1 saturated heterocycles. The lowest BCUT2D eigenvalue weighted by atomic mass is 9.99. The first-order chi connectivity index (χ1) is 8.24. The van der Waals surface area contributed by atoms with Crippen molar-refractivity contribution in [2.45, 2.75) is 25.8 Å². The minimum absolute atomic E-state index is 0.207. The largest absolute Gasteiger partial charge is 0.335 e. The van der Waals surface area contributed by atoms with Crippen molar-refractivity contribution >= 4 is 5.91 Å². The molecule has 3 nitrogen and oxygen atoms in total. The van der Waals surface area contributed by atoms with Gasteiger partial charge in [0.15, 0.2) is 0 Å². The number of hydrogen-bond acceptors (Lipinski definition) is 2. The second-order valence-electron chi connectivity index (χ2n) is 4.63. The Labute approximate surface area is 103 Å². The Hall–Kier alpha value is -1.35. The topological polar surface area (TPSA) is 32.3 Å². The van der Waals surface area contributed by atoms with E-state index < -0.39 is 0 Å². The molecular formula is C14H20N2O. The van der Waals surface area contributed by atoms with E-state index in [9.17, 15) is 4.79 Å². The number of likely N-dealkylation sites (tertiary alicyclic amines) is 1. The number of rotatable bonds is 3. The lowest BCUT2D eigenvalue weighted by Gasteiger charge is -2.26. The fourth-order valence-corrected chi connectivity index (χ4v) is 2.60. The van der Waals surface area contributed by atoms with Crippen LogP contribution in [-0.4, -0.2) is 30.9 Å². The predicted molar refractivity (Wildman–Crippen MR) is 68.8 cm³/mol. The zero-order chi connectivity index (χ0) is 12.3. The second-order valence-corrected chi connectivity index (χ2v) is 4.63. The van der Waals surface area contributed by atoms with Crippen molar-refractivity contribution in [2.75, 3.05) is 20.1 Å². The number of likely N-dealkylation sites (N-methyl/N-ethyl adjacent to an activating group) is 1. The second kappa shape index (κ2) is 5.32. The third kappa shape index (κ3) is 2.50. The number of amides is 1. The van der Waals surface area contributed by atoms with Gasteiger partial charge >= 0.3 is 0 Å². The molecule has 0 radical (unpaired) electrons. The molecular weight excluding hydrogens is 212 g/mol. The smallest absolute Gasteiger partial charge is 0.237 e. The van der Waals surface area contributed by atoms with Crippen molar-refractivity contribution in [3.05, 3.63) is 35.4 Å². The minimum Gasteiger partial charge on any atom is -0.335 e. The highest BCUT2D eigenvalue weighted by Gasteiger charge is 2.29. The zero-order valence-corrected chi connectivity index (χ0v) is 10.6. The quantitative estimate of drug-likeness (QED) is 0.863. The van der Waals surface area contributed by atoms with Crippen LogP contribution in [0.2, 0.25) is 0 Å². The van der Waals surface area contributed by atoms with Gasteiger partial charge in [-0.05, 0) is 37.9 Å². The summed E-state index contributed by atoms with van der Waals surface area (Å²) in [5.74, 6) is 0.207.